The number of amides is 1. The predicted octanol–water partition coefficient (Wildman–Crippen LogP) is 5.80. The van der Waals surface area contributed by atoms with Gasteiger partial charge in [-0.25, -0.2) is 4.79 Å². The number of benzene rings is 2. The largest absolute Gasteiger partial charge is 0.504 e. The highest BCUT2D eigenvalue weighted by Gasteiger charge is 2.28. The van der Waals surface area contributed by atoms with Gasteiger partial charge in [0.25, 0.3) is 0 Å². The molecule has 1 aromatic heterocycles. The maximum absolute atomic E-state index is 12.4. The molecule has 2 aromatic carbocycles. The van der Waals surface area contributed by atoms with E-state index >= 15 is 0 Å². The van der Waals surface area contributed by atoms with E-state index in [9.17, 15) is 9.90 Å². The van der Waals surface area contributed by atoms with Gasteiger partial charge in [-0.3, -0.25) is 4.90 Å². The molecular formula is C27H30N4O5. The highest BCUT2D eigenvalue weighted by atomic mass is 16.6. The molecule has 1 saturated heterocycles. The lowest BCUT2D eigenvalue weighted by Gasteiger charge is -2.35. The first kappa shape index (κ1) is 23.9. The van der Waals surface area contributed by atoms with Crippen LogP contribution in [0.3, 0.4) is 0 Å². The average molecular weight is 491 g/mol. The van der Waals surface area contributed by atoms with E-state index in [0.717, 1.165) is 16.8 Å². The SMILES string of the molecule is COc1ccc2c(O)c(C=C3N=Nc4ccccc43)oc2c1CN1CCN(C(=O)OC(C)(C)C)CC1. The maximum Gasteiger partial charge on any atom is 0.410 e. The Bertz CT molecular complexity index is 1360. The number of carbonyl (C=O) groups excluding carboxylic acids is 1. The van der Waals surface area contributed by atoms with Crippen LogP contribution in [0.5, 0.6) is 11.5 Å². The van der Waals surface area contributed by atoms with Crippen molar-refractivity contribution in [1.29, 1.82) is 0 Å². The van der Waals surface area contributed by atoms with Gasteiger partial charge in [-0.2, -0.15) is 0 Å². The molecule has 5 rings (SSSR count). The van der Waals surface area contributed by atoms with Gasteiger partial charge < -0.3 is 23.9 Å². The number of fused-ring (bicyclic) bond motifs is 2. The number of hydrogen-bond donors (Lipinski definition) is 1. The predicted molar refractivity (Wildman–Crippen MR) is 136 cm³/mol. The Labute approximate surface area is 209 Å². The normalized spacial score (nSPS) is 17.1. The molecule has 1 fully saturated rings. The van der Waals surface area contributed by atoms with Gasteiger partial charge in [-0.05, 0) is 39.0 Å². The molecule has 0 unspecified atom stereocenters. The molecule has 1 amide bonds. The summed E-state index contributed by atoms with van der Waals surface area (Å²) < 4.78 is 17.3. The average Bonchev–Trinajstić information content (AvgIpc) is 3.40. The fourth-order valence-corrected chi connectivity index (χ4v) is 4.45. The number of aromatic hydroxyl groups is 1. The van der Waals surface area contributed by atoms with Crippen molar-refractivity contribution in [2.75, 3.05) is 33.3 Å². The summed E-state index contributed by atoms with van der Waals surface area (Å²) in [5.41, 5.74) is 3.19. The summed E-state index contributed by atoms with van der Waals surface area (Å²) in [6.07, 6.45) is 1.42. The van der Waals surface area contributed by atoms with Crippen molar-refractivity contribution in [2.24, 2.45) is 10.2 Å². The molecule has 1 N–H and O–H groups in total. The van der Waals surface area contributed by atoms with Crippen molar-refractivity contribution >= 4 is 34.5 Å². The fourth-order valence-electron chi connectivity index (χ4n) is 4.45. The number of piperazine rings is 1. The number of carbonyl (C=O) groups is 1. The minimum Gasteiger partial charge on any atom is -0.504 e. The second-order valence-electron chi connectivity index (χ2n) is 9.93. The number of azo groups is 1. The summed E-state index contributed by atoms with van der Waals surface area (Å²) in [5, 5.41) is 20.0. The summed E-state index contributed by atoms with van der Waals surface area (Å²) in [5.74, 6) is 1.05. The molecule has 2 aliphatic rings. The molecule has 0 bridgehead atoms. The van der Waals surface area contributed by atoms with Crippen LogP contribution >= 0.6 is 0 Å². The summed E-state index contributed by atoms with van der Waals surface area (Å²) in [6.45, 7) is 8.65. The molecule has 0 saturated carbocycles. The monoisotopic (exact) mass is 490 g/mol. The van der Waals surface area contributed by atoms with Crippen molar-refractivity contribution < 1.29 is 23.8 Å². The molecule has 36 heavy (non-hydrogen) atoms. The van der Waals surface area contributed by atoms with E-state index in [1.165, 1.54) is 0 Å². The zero-order valence-electron chi connectivity index (χ0n) is 20.9. The van der Waals surface area contributed by atoms with Gasteiger partial charge in [0.2, 0.25) is 0 Å². The van der Waals surface area contributed by atoms with Crippen molar-refractivity contribution in [3.05, 3.63) is 53.3 Å². The molecule has 9 heteroatoms. The van der Waals surface area contributed by atoms with Gasteiger partial charge in [0.1, 0.15) is 16.9 Å². The van der Waals surface area contributed by atoms with Crippen molar-refractivity contribution in [3.63, 3.8) is 0 Å². The number of ether oxygens (including phenoxy) is 2. The third-order valence-corrected chi connectivity index (χ3v) is 6.26. The first-order valence-corrected chi connectivity index (χ1v) is 12.0. The number of hydrogen-bond acceptors (Lipinski definition) is 8. The third kappa shape index (κ3) is 4.66. The molecule has 0 radical (unpaired) electrons. The van der Waals surface area contributed by atoms with E-state index in [-0.39, 0.29) is 11.8 Å². The van der Waals surface area contributed by atoms with Crippen LogP contribution in [-0.2, 0) is 11.3 Å². The molecular weight excluding hydrogens is 460 g/mol. The van der Waals surface area contributed by atoms with Gasteiger partial charge in [0.05, 0.1) is 29.4 Å². The second kappa shape index (κ2) is 9.31. The number of rotatable bonds is 4. The molecule has 3 aromatic rings. The molecule has 9 nitrogen and oxygen atoms in total. The van der Waals surface area contributed by atoms with Crippen LogP contribution in [0.15, 0.2) is 51.0 Å². The fraction of sp³-hybridized carbons (Fsp3) is 0.370. The van der Waals surface area contributed by atoms with Crippen LogP contribution in [0.1, 0.15) is 37.7 Å². The lowest BCUT2D eigenvalue weighted by Crippen LogP contribution is -2.49. The van der Waals surface area contributed by atoms with Crippen molar-refractivity contribution in [2.45, 2.75) is 32.9 Å². The van der Waals surface area contributed by atoms with Gasteiger partial charge in [-0.1, -0.05) is 18.2 Å². The lowest BCUT2D eigenvalue weighted by atomic mass is 10.1. The lowest BCUT2D eigenvalue weighted by molar-refractivity contribution is 0.0138. The Morgan fingerprint density at radius 1 is 1.11 bits per heavy atom. The van der Waals surface area contributed by atoms with E-state index in [2.05, 4.69) is 15.1 Å². The van der Waals surface area contributed by atoms with Gasteiger partial charge in [0.15, 0.2) is 11.5 Å². The van der Waals surface area contributed by atoms with Crippen LogP contribution in [-0.4, -0.2) is 59.9 Å². The third-order valence-electron chi connectivity index (χ3n) is 6.26. The van der Waals surface area contributed by atoms with E-state index in [1.54, 1.807) is 24.2 Å². The van der Waals surface area contributed by atoms with Crippen molar-refractivity contribution in [3.8, 4) is 11.5 Å². The minimum atomic E-state index is -0.520. The molecule has 3 heterocycles. The van der Waals surface area contributed by atoms with Gasteiger partial charge >= 0.3 is 6.09 Å². The number of nitrogens with zero attached hydrogens (tertiary/aromatic N) is 4. The summed E-state index contributed by atoms with van der Waals surface area (Å²) in [7, 11) is 1.62. The zero-order chi connectivity index (χ0) is 25.4. The van der Waals surface area contributed by atoms with E-state index < -0.39 is 5.60 Å². The zero-order valence-corrected chi connectivity index (χ0v) is 20.9. The Morgan fingerprint density at radius 3 is 2.58 bits per heavy atom. The Hall–Kier alpha value is -3.85. The van der Waals surface area contributed by atoms with E-state index in [1.807, 2.05) is 51.1 Å². The number of furan rings is 1. The van der Waals surface area contributed by atoms with Gasteiger partial charge in [-0.15, -0.1) is 10.2 Å². The summed E-state index contributed by atoms with van der Waals surface area (Å²) in [4.78, 5) is 16.4. The second-order valence-corrected chi connectivity index (χ2v) is 9.93. The van der Waals surface area contributed by atoms with Crippen LogP contribution in [0.4, 0.5) is 10.5 Å². The van der Waals surface area contributed by atoms with E-state index in [4.69, 9.17) is 13.9 Å². The molecule has 188 valence electrons. The Balaban J connectivity index is 1.39. The first-order chi connectivity index (χ1) is 17.2. The standard InChI is InChI=1S/C27H30N4O5/c1-27(2,3)36-26(33)31-13-11-30(12-14-31)16-19-22(34-4)10-9-18-24(32)23(35-25(18)19)15-21-17-7-5-6-8-20(17)28-29-21/h5-10,15,32H,11-14,16H2,1-4H3. The Morgan fingerprint density at radius 2 is 1.86 bits per heavy atom. The molecule has 0 atom stereocenters. The molecule has 0 aliphatic carbocycles. The first-order valence-electron chi connectivity index (χ1n) is 12.0. The van der Waals surface area contributed by atoms with Crippen LogP contribution in [0.2, 0.25) is 0 Å². The molecule has 0 spiro atoms. The van der Waals surface area contributed by atoms with Crippen molar-refractivity contribution in [1.82, 2.24) is 9.80 Å². The summed E-state index contributed by atoms with van der Waals surface area (Å²) >= 11 is 0. The van der Waals surface area contributed by atoms with Crippen LogP contribution in [0.25, 0.3) is 22.7 Å². The summed E-state index contributed by atoms with van der Waals surface area (Å²) in [6, 6.07) is 11.3. The van der Waals surface area contributed by atoms with Gasteiger partial charge in [0, 0.05) is 44.4 Å². The maximum atomic E-state index is 12.4. The quantitative estimate of drug-likeness (QED) is 0.496. The highest BCUT2D eigenvalue weighted by molar-refractivity contribution is 5.95. The minimum absolute atomic E-state index is 0.0516. The van der Waals surface area contributed by atoms with E-state index in [0.29, 0.717) is 60.9 Å². The topological polar surface area (TPSA) is 100 Å². The molecule has 2 aliphatic heterocycles. The van der Waals surface area contributed by atoms with Crippen LogP contribution in [0, 0.1) is 0 Å². The smallest absolute Gasteiger partial charge is 0.410 e. The van der Waals surface area contributed by atoms with Crippen LogP contribution < -0.4 is 4.74 Å². The number of methoxy groups -OCH3 is 1. The Kier molecular flexibility index (Phi) is 6.17. The highest BCUT2D eigenvalue weighted by Crippen LogP contribution is 2.42.